The van der Waals surface area contributed by atoms with Crippen molar-refractivity contribution >= 4 is 24.2 Å². The molecule has 1 fully saturated rings. The maximum atomic E-state index is 12.8. The molecule has 6 nitrogen and oxygen atoms in total. The molecule has 0 aromatic heterocycles. The molecule has 1 aliphatic rings. The molecule has 20 heavy (non-hydrogen) atoms. The third kappa shape index (κ3) is 4.61. The molecule has 0 radical (unpaired) electrons. The normalized spacial score (nSPS) is 17.4. The van der Waals surface area contributed by atoms with Crippen molar-refractivity contribution in [1.29, 1.82) is 0 Å². The molecule has 2 amide bonds. The van der Waals surface area contributed by atoms with Crippen LogP contribution in [0.1, 0.15) is 26.7 Å². The van der Waals surface area contributed by atoms with Crippen molar-refractivity contribution in [2.75, 3.05) is 33.4 Å². The van der Waals surface area contributed by atoms with Crippen LogP contribution >= 0.6 is 12.4 Å². The van der Waals surface area contributed by atoms with Crippen LogP contribution < -0.4 is 11.1 Å². The Morgan fingerprint density at radius 3 is 2.30 bits per heavy atom. The summed E-state index contributed by atoms with van der Waals surface area (Å²) in [6.45, 7) is 5.71. The third-order valence-electron chi connectivity index (χ3n) is 3.65. The average molecular weight is 308 g/mol. The molecule has 118 valence electrons. The van der Waals surface area contributed by atoms with Gasteiger partial charge in [0.1, 0.15) is 0 Å². The molecule has 0 aromatic rings. The second kappa shape index (κ2) is 8.44. The number of primary amides is 1. The lowest BCUT2D eigenvalue weighted by Crippen LogP contribution is -2.55. The fourth-order valence-corrected chi connectivity index (χ4v) is 2.56. The van der Waals surface area contributed by atoms with E-state index in [0.717, 1.165) is 25.9 Å². The molecule has 3 N–H and O–H groups in total. The zero-order valence-electron chi connectivity index (χ0n) is 12.5. The number of nitrogens with one attached hydrogen (secondary N) is 1. The maximum absolute atomic E-state index is 12.8. The van der Waals surface area contributed by atoms with E-state index in [1.807, 2.05) is 13.8 Å². The van der Waals surface area contributed by atoms with E-state index in [9.17, 15) is 9.59 Å². The summed E-state index contributed by atoms with van der Waals surface area (Å²) in [4.78, 5) is 25.5. The molecule has 0 spiro atoms. The van der Waals surface area contributed by atoms with E-state index in [0.29, 0.717) is 6.61 Å². The van der Waals surface area contributed by atoms with Crippen molar-refractivity contribution in [1.82, 2.24) is 10.2 Å². The summed E-state index contributed by atoms with van der Waals surface area (Å²) in [7, 11) is 1.60. The Morgan fingerprint density at radius 1 is 1.35 bits per heavy atom. The lowest BCUT2D eigenvalue weighted by Gasteiger charge is -2.40. The zero-order chi connectivity index (χ0) is 14.5. The van der Waals surface area contributed by atoms with Crippen molar-refractivity contribution in [3.63, 3.8) is 0 Å². The van der Waals surface area contributed by atoms with E-state index in [-0.39, 0.29) is 30.9 Å². The number of hydrogen-bond donors (Lipinski definition) is 2. The number of ether oxygens (including phenoxy) is 1. The van der Waals surface area contributed by atoms with Crippen molar-refractivity contribution in [3.05, 3.63) is 0 Å². The Kier molecular flexibility index (Phi) is 8.08. The molecule has 0 atom stereocenters. The molecule has 7 heteroatoms. The fourth-order valence-electron chi connectivity index (χ4n) is 2.56. The van der Waals surface area contributed by atoms with Crippen LogP contribution in [0.15, 0.2) is 0 Å². The summed E-state index contributed by atoms with van der Waals surface area (Å²) < 4.78 is 5.25. The van der Waals surface area contributed by atoms with Crippen LogP contribution in [-0.2, 0) is 14.3 Å². The second-order valence-electron chi connectivity index (χ2n) is 5.46. The fraction of sp³-hybridized carbons (Fsp3) is 0.846. The summed E-state index contributed by atoms with van der Waals surface area (Å²) in [5.74, 6) is -0.506. The van der Waals surface area contributed by atoms with E-state index < -0.39 is 11.3 Å². The summed E-state index contributed by atoms with van der Waals surface area (Å²) in [6.07, 6.45) is 1.45. The lowest BCUT2D eigenvalue weighted by atomic mass is 9.78. The number of carbonyl (C=O) groups excluding carboxylic acids is 2. The maximum Gasteiger partial charge on any atom is 0.237 e. The average Bonchev–Trinajstić information content (AvgIpc) is 2.36. The molecule has 0 aromatic carbocycles. The van der Waals surface area contributed by atoms with Gasteiger partial charge in [-0.2, -0.15) is 0 Å². The van der Waals surface area contributed by atoms with Crippen molar-refractivity contribution < 1.29 is 14.3 Å². The van der Waals surface area contributed by atoms with Crippen molar-refractivity contribution in [3.8, 4) is 0 Å². The van der Waals surface area contributed by atoms with Gasteiger partial charge in [0.15, 0.2) is 0 Å². The standard InChI is InChI=1S/C13H25N3O3.ClH/c1-10(2)16(8-11(14)17)12(18)13(9-19-3)4-6-15-7-5-13;/h10,15H,4-9H2,1-3H3,(H2,14,17);1H. The number of hydrogen-bond acceptors (Lipinski definition) is 4. The first-order valence-corrected chi connectivity index (χ1v) is 6.72. The van der Waals surface area contributed by atoms with Crippen LogP contribution in [0.5, 0.6) is 0 Å². The third-order valence-corrected chi connectivity index (χ3v) is 3.65. The molecular weight excluding hydrogens is 282 g/mol. The van der Waals surface area contributed by atoms with Crippen LogP contribution in [0.4, 0.5) is 0 Å². The Labute approximate surface area is 126 Å². The Balaban J connectivity index is 0.00000361. The van der Waals surface area contributed by atoms with Gasteiger partial charge in [-0.1, -0.05) is 0 Å². The summed E-state index contributed by atoms with van der Waals surface area (Å²) in [5.41, 5.74) is 4.71. The predicted octanol–water partition coefficient (Wildman–Crippen LogP) is 0.147. The molecule has 1 rings (SSSR count). The van der Waals surface area contributed by atoms with Gasteiger partial charge in [-0.15, -0.1) is 12.4 Å². The first-order valence-electron chi connectivity index (χ1n) is 6.72. The Hall–Kier alpha value is -0.850. The van der Waals surface area contributed by atoms with E-state index in [1.165, 1.54) is 0 Å². The van der Waals surface area contributed by atoms with E-state index >= 15 is 0 Å². The van der Waals surface area contributed by atoms with E-state index in [2.05, 4.69) is 5.32 Å². The number of piperidine rings is 1. The van der Waals surface area contributed by atoms with Gasteiger partial charge in [0.2, 0.25) is 11.8 Å². The van der Waals surface area contributed by atoms with Gasteiger partial charge < -0.3 is 20.7 Å². The van der Waals surface area contributed by atoms with Crippen LogP contribution in [0.2, 0.25) is 0 Å². The molecule has 1 heterocycles. The van der Waals surface area contributed by atoms with Crippen LogP contribution in [0.25, 0.3) is 0 Å². The van der Waals surface area contributed by atoms with Gasteiger partial charge in [0.05, 0.1) is 18.6 Å². The molecule has 0 aliphatic carbocycles. The summed E-state index contributed by atoms with van der Waals surface area (Å²) in [5, 5.41) is 3.24. The molecule has 1 saturated heterocycles. The van der Waals surface area contributed by atoms with Gasteiger partial charge in [0.25, 0.3) is 0 Å². The lowest BCUT2D eigenvalue weighted by molar-refractivity contribution is -0.151. The quantitative estimate of drug-likeness (QED) is 0.731. The topological polar surface area (TPSA) is 84.7 Å². The van der Waals surface area contributed by atoms with E-state index in [4.69, 9.17) is 10.5 Å². The zero-order valence-corrected chi connectivity index (χ0v) is 13.3. The Bertz CT molecular complexity index is 325. The molecule has 1 aliphatic heterocycles. The first kappa shape index (κ1) is 19.1. The van der Waals surface area contributed by atoms with Gasteiger partial charge in [0, 0.05) is 13.2 Å². The smallest absolute Gasteiger partial charge is 0.237 e. The SMILES string of the molecule is COCC1(C(=O)N(CC(N)=O)C(C)C)CCNCC1.Cl. The monoisotopic (exact) mass is 307 g/mol. The number of rotatable bonds is 6. The molecule has 0 bridgehead atoms. The number of halogens is 1. The van der Waals surface area contributed by atoms with Crippen LogP contribution in [-0.4, -0.2) is 56.1 Å². The highest BCUT2D eigenvalue weighted by atomic mass is 35.5. The minimum atomic E-state index is -0.528. The van der Waals surface area contributed by atoms with Gasteiger partial charge >= 0.3 is 0 Å². The number of nitrogens with two attached hydrogens (primary N) is 1. The van der Waals surface area contributed by atoms with Gasteiger partial charge in [-0.05, 0) is 39.8 Å². The highest BCUT2D eigenvalue weighted by molar-refractivity contribution is 5.88. The summed E-state index contributed by atoms with van der Waals surface area (Å²) in [6, 6.07) is -0.0522. The minimum absolute atomic E-state index is 0. The number of nitrogens with zero attached hydrogens (tertiary/aromatic N) is 1. The minimum Gasteiger partial charge on any atom is -0.384 e. The second-order valence-corrected chi connectivity index (χ2v) is 5.46. The predicted molar refractivity (Wildman–Crippen MR) is 79.7 cm³/mol. The van der Waals surface area contributed by atoms with Gasteiger partial charge in [-0.3, -0.25) is 9.59 Å². The van der Waals surface area contributed by atoms with Crippen molar-refractivity contribution in [2.45, 2.75) is 32.7 Å². The highest BCUT2D eigenvalue weighted by Crippen LogP contribution is 2.32. The number of carbonyl (C=O) groups is 2. The van der Waals surface area contributed by atoms with Crippen LogP contribution in [0, 0.1) is 5.41 Å². The van der Waals surface area contributed by atoms with Crippen LogP contribution in [0.3, 0.4) is 0 Å². The molecular formula is C13H26ClN3O3. The number of amides is 2. The van der Waals surface area contributed by atoms with Crippen molar-refractivity contribution in [2.24, 2.45) is 11.1 Å². The van der Waals surface area contributed by atoms with Gasteiger partial charge in [-0.25, -0.2) is 0 Å². The largest absolute Gasteiger partial charge is 0.384 e. The summed E-state index contributed by atoms with van der Waals surface area (Å²) >= 11 is 0. The highest BCUT2D eigenvalue weighted by Gasteiger charge is 2.43. The first-order chi connectivity index (χ1) is 8.93. The molecule has 0 saturated carbocycles. The Morgan fingerprint density at radius 2 is 1.90 bits per heavy atom. The van der Waals surface area contributed by atoms with E-state index in [1.54, 1.807) is 12.0 Å². The number of methoxy groups -OCH3 is 1. The molecule has 0 unspecified atom stereocenters.